The van der Waals surface area contributed by atoms with Crippen LogP contribution < -0.4 is 0 Å². The Labute approximate surface area is 70.6 Å². The van der Waals surface area contributed by atoms with Crippen molar-refractivity contribution in [3.05, 3.63) is 4.91 Å². The van der Waals surface area contributed by atoms with Gasteiger partial charge in [-0.3, -0.25) is 5.01 Å². The van der Waals surface area contributed by atoms with E-state index in [1.807, 2.05) is 0 Å². The van der Waals surface area contributed by atoms with E-state index < -0.39 is 0 Å². The largest absolute Gasteiger partial charge is 0.347 e. The Morgan fingerprint density at radius 1 is 1.17 bits per heavy atom. The molecule has 2 aliphatic heterocycles. The summed E-state index contributed by atoms with van der Waals surface area (Å²) in [5, 5.41) is 4.38. The van der Waals surface area contributed by atoms with Crippen molar-refractivity contribution < 1.29 is 9.47 Å². The fourth-order valence-electron chi connectivity index (χ4n) is 1.70. The molecular weight excluding hydrogens is 160 g/mol. The van der Waals surface area contributed by atoms with Crippen molar-refractivity contribution in [1.29, 1.82) is 0 Å². The highest BCUT2D eigenvalue weighted by Gasteiger charge is 2.39. The van der Waals surface area contributed by atoms with Crippen molar-refractivity contribution in [3.63, 3.8) is 0 Å². The van der Waals surface area contributed by atoms with Crippen molar-refractivity contribution in [2.45, 2.75) is 18.6 Å². The molecule has 0 radical (unpaired) electrons. The highest BCUT2D eigenvalue weighted by molar-refractivity contribution is 4.81. The number of piperidine rings is 1. The van der Waals surface area contributed by atoms with Gasteiger partial charge < -0.3 is 9.47 Å². The molecule has 0 saturated carbocycles. The molecule has 0 aromatic carbocycles. The second kappa shape index (κ2) is 2.99. The summed E-state index contributed by atoms with van der Waals surface area (Å²) in [5.41, 5.74) is 0. The van der Waals surface area contributed by atoms with Crippen LogP contribution in [-0.4, -0.2) is 37.1 Å². The summed E-state index contributed by atoms with van der Waals surface area (Å²) in [6, 6.07) is 0. The first-order chi connectivity index (χ1) is 5.85. The molecular formula is C7H12N2O3. The van der Waals surface area contributed by atoms with E-state index in [9.17, 15) is 4.91 Å². The van der Waals surface area contributed by atoms with Gasteiger partial charge in [0.05, 0.1) is 18.5 Å². The molecule has 0 N–H and O–H groups in total. The van der Waals surface area contributed by atoms with E-state index in [2.05, 4.69) is 5.29 Å². The molecule has 1 spiro atoms. The van der Waals surface area contributed by atoms with Gasteiger partial charge in [0.25, 0.3) is 0 Å². The first kappa shape index (κ1) is 7.94. The van der Waals surface area contributed by atoms with Gasteiger partial charge in [-0.1, -0.05) is 0 Å². The predicted octanol–water partition coefficient (Wildman–Crippen LogP) is 0.507. The average Bonchev–Trinajstić information content (AvgIpc) is 2.55. The minimum absolute atomic E-state index is 0.388. The van der Waals surface area contributed by atoms with E-state index in [0.717, 1.165) is 12.8 Å². The van der Waals surface area contributed by atoms with Crippen LogP contribution in [-0.2, 0) is 9.47 Å². The van der Waals surface area contributed by atoms with E-state index in [4.69, 9.17) is 9.47 Å². The van der Waals surface area contributed by atoms with Crippen molar-refractivity contribution in [2.75, 3.05) is 26.3 Å². The van der Waals surface area contributed by atoms with Crippen LogP contribution in [0.3, 0.4) is 0 Å². The molecule has 0 aromatic heterocycles. The second-order valence-corrected chi connectivity index (χ2v) is 3.14. The lowest BCUT2D eigenvalue weighted by Gasteiger charge is -2.34. The zero-order valence-corrected chi connectivity index (χ0v) is 6.86. The number of rotatable bonds is 1. The third-order valence-electron chi connectivity index (χ3n) is 2.43. The first-order valence-electron chi connectivity index (χ1n) is 4.21. The average molecular weight is 172 g/mol. The maximum atomic E-state index is 10.2. The molecule has 0 amide bonds. The highest BCUT2D eigenvalue weighted by Crippen LogP contribution is 2.30. The molecule has 2 saturated heterocycles. The molecule has 68 valence electrons. The third kappa shape index (κ3) is 1.30. The molecule has 2 heterocycles. The van der Waals surface area contributed by atoms with Crippen LogP contribution in [0.4, 0.5) is 0 Å². The quantitative estimate of drug-likeness (QED) is 0.541. The zero-order chi connectivity index (χ0) is 8.44. The van der Waals surface area contributed by atoms with Crippen LogP contribution in [0.2, 0.25) is 0 Å². The van der Waals surface area contributed by atoms with Crippen molar-refractivity contribution in [2.24, 2.45) is 5.29 Å². The van der Waals surface area contributed by atoms with Crippen LogP contribution in [0.15, 0.2) is 5.29 Å². The summed E-state index contributed by atoms with van der Waals surface area (Å²) in [6.45, 7) is 2.63. The SMILES string of the molecule is O=NN1CCC2(CC1)OCCO2. The summed E-state index contributed by atoms with van der Waals surface area (Å²) < 4.78 is 11.0. The number of hydrogen-bond acceptors (Lipinski definition) is 4. The molecule has 2 fully saturated rings. The van der Waals surface area contributed by atoms with E-state index >= 15 is 0 Å². The maximum absolute atomic E-state index is 10.2. The normalized spacial score (nSPS) is 27.8. The van der Waals surface area contributed by atoms with Gasteiger partial charge in [0, 0.05) is 25.9 Å². The summed E-state index contributed by atoms with van der Waals surface area (Å²) in [4.78, 5) is 10.2. The Morgan fingerprint density at radius 3 is 2.25 bits per heavy atom. The summed E-state index contributed by atoms with van der Waals surface area (Å²) in [5.74, 6) is -0.388. The van der Waals surface area contributed by atoms with Gasteiger partial charge in [0.2, 0.25) is 0 Å². The molecule has 0 atom stereocenters. The molecule has 12 heavy (non-hydrogen) atoms. The van der Waals surface area contributed by atoms with Gasteiger partial charge in [0.15, 0.2) is 5.79 Å². The summed E-state index contributed by atoms with van der Waals surface area (Å²) in [6.07, 6.45) is 1.50. The van der Waals surface area contributed by atoms with Gasteiger partial charge in [-0.25, -0.2) is 0 Å². The Bertz CT molecular complexity index is 169. The lowest BCUT2D eigenvalue weighted by molar-refractivity contribution is -0.185. The van der Waals surface area contributed by atoms with Gasteiger partial charge in [-0.05, 0) is 0 Å². The smallest absolute Gasteiger partial charge is 0.172 e. The van der Waals surface area contributed by atoms with E-state index in [1.165, 1.54) is 5.01 Å². The van der Waals surface area contributed by atoms with Gasteiger partial charge in [0.1, 0.15) is 0 Å². The highest BCUT2D eigenvalue weighted by atomic mass is 16.7. The van der Waals surface area contributed by atoms with Gasteiger partial charge >= 0.3 is 0 Å². The Balaban J connectivity index is 1.92. The van der Waals surface area contributed by atoms with Crippen LogP contribution in [0, 0.1) is 4.91 Å². The summed E-state index contributed by atoms with van der Waals surface area (Å²) >= 11 is 0. The number of ether oxygens (including phenoxy) is 2. The summed E-state index contributed by atoms with van der Waals surface area (Å²) in [7, 11) is 0. The fraction of sp³-hybridized carbons (Fsp3) is 1.00. The fourth-order valence-corrected chi connectivity index (χ4v) is 1.70. The third-order valence-corrected chi connectivity index (χ3v) is 2.43. The van der Waals surface area contributed by atoms with Crippen LogP contribution in [0.5, 0.6) is 0 Å². The topological polar surface area (TPSA) is 51.1 Å². The monoisotopic (exact) mass is 172 g/mol. The second-order valence-electron chi connectivity index (χ2n) is 3.14. The lowest BCUT2D eigenvalue weighted by Crippen LogP contribution is -2.42. The number of nitroso groups, excluding NO2 is 1. The van der Waals surface area contributed by atoms with Crippen LogP contribution >= 0.6 is 0 Å². The van der Waals surface area contributed by atoms with E-state index in [-0.39, 0.29) is 5.79 Å². The van der Waals surface area contributed by atoms with Crippen molar-refractivity contribution in [3.8, 4) is 0 Å². The van der Waals surface area contributed by atoms with Crippen molar-refractivity contribution >= 4 is 0 Å². The van der Waals surface area contributed by atoms with E-state index in [1.54, 1.807) is 0 Å². The minimum atomic E-state index is -0.388. The van der Waals surface area contributed by atoms with Gasteiger partial charge in [-0.15, -0.1) is 4.91 Å². The predicted molar refractivity (Wildman–Crippen MR) is 41.2 cm³/mol. The molecule has 5 nitrogen and oxygen atoms in total. The minimum Gasteiger partial charge on any atom is -0.347 e. The molecule has 5 heteroatoms. The molecule has 0 unspecified atom stereocenters. The Kier molecular flexibility index (Phi) is 1.98. The zero-order valence-electron chi connectivity index (χ0n) is 6.86. The Hall–Kier alpha value is -0.680. The Morgan fingerprint density at radius 2 is 1.75 bits per heavy atom. The molecule has 0 aliphatic carbocycles. The molecule has 2 aliphatic rings. The lowest BCUT2D eigenvalue weighted by atomic mass is 10.1. The van der Waals surface area contributed by atoms with Gasteiger partial charge in [-0.2, -0.15) is 0 Å². The first-order valence-corrected chi connectivity index (χ1v) is 4.21. The number of nitrogens with zero attached hydrogens (tertiary/aromatic N) is 2. The van der Waals surface area contributed by atoms with Crippen LogP contribution in [0.1, 0.15) is 12.8 Å². The standard InChI is InChI=1S/C7H12N2O3/c10-8-9-3-1-7(2-4-9)11-5-6-12-7/h1-6H2. The van der Waals surface area contributed by atoms with Crippen molar-refractivity contribution in [1.82, 2.24) is 5.01 Å². The maximum Gasteiger partial charge on any atom is 0.172 e. The molecule has 2 rings (SSSR count). The molecule has 0 aromatic rings. The van der Waals surface area contributed by atoms with Crippen LogP contribution in [0.25, 0.3) is 0 Å². The number of hydrogen-bond donors (Lipinski definition) is 0. The molecule has 0 bridgehead atoms. The van der Waals surface area contributed by atoms with E-state index in [0.29, 0.717) is 26.3 Å².